The molecule has 2 aliphatic rings. The number of nitrogens with zero attached hydrogens (tertiary/aromatic N) is 3. The van der Waals surface area contributed by atoms with Crippen LogP contribution in [0.1, 0.15) is 47.9 Å². The summed E-state index contributed by atoms with van der Waals surface area (Å²) >= 11 is 5.92. The van der Waals surface area contributed by atoms with Crippen LogP contribution < -0.4 is 5.32 Å². The number of fused-ring (bicyclic) bond motifs is 3. The molecule has 158 valence electrons. The third kappa shape index (κ3) is 5.22. The van der Waals surface area contributed by atoms with E-state index in [9.17, 15) is 9.90 Å². The lowest BCUT2D eigenvalue weighted by Crippen LogP contribution is -2.46. The van der Waals surface area contributed by atoms with Crippen LogP contribution in [0.25, 0.3) is 5.82 Å². The molecule has 2 heterocycles. The minimum atomic E-state index is -4.64. The molecule has 1 amide bonds. The maximum Gasteiger partial charge on any atom is 0.466 e. The van der Waals surface area contributed by atoms with Gasteiger partial charge in [0.1, 0.15) is 0 Å². The number of amides is 1. The lowest BCUT2D eigenvalue weighted by atomic mass is 10.1. The van der Waals surface area contributed by atoms with E-state index in [2.05, 4.69) is 15.4 Å². The van der Waals surface area contributed by atoms with Gasteiger partial charge in [0.25, 0.3) is 5.91 Å². The second-order valence-electron chi connectivity index (χ2n) is 7.77. The number of rotatable bonds is 4. The van der Waals surface area contributed by atoms with Crippen molar-refractivity contribution in [2.75, 3.05) is 6.61 Å². The number of aliphatic hydroxyl groups is 1. The highest BCUT2D eigenvalue weighted by Gasteiger charge is 2.50. The molecule has 1 saturated carbocycles. The van der Waals surface area contributed by atoms with Gasteiger partial charge in [-0.15, -0.1) is 0 Å². The molecule has 12 heteroatoms. The fraction of sp³-hybridized carbons (Fsp3) is 0.471. The van der Waals surface area contributed by atoms with Crippen molar-refractivity contribution in [3.8, 4) is 5.82 Å². The van der Waals surface area contributed by atoms with Gasteiger partial charge in [-0.2, -0.15) is 5.10 Å². The molecule has 0 bridgehead atoms. The fourth-order valence-corrected chi connectivity index (χ4v) is 3.48. The summed E-state index contributed by atoms with van der Waals surface area (Å²) in [6.07, 6.45) is 3.62. The molecular formula is C17H22ClN4O6P. The van der Waals surface area contributed by atoms with Crippen molar-refractivity contribution in [3.05, 3.63) is 40.3 Å². The lowest BCUT2D eigenvalue weighted by molar-refractivity contribution is 0.0862. The summed E-state index contributed by atoms with van der Waals surface area (Å²) < 4.78 is 10.7. The van der Waals surface area contributed by atoms with E-state index >= 15 is 0 Å². The number of hydrogen-bond acceptors (Lipinski definition) is 5. The standard InChI is InChI=1S/C17H19ClN4O2.H3O4P/c1-17(2,8-23)20-16(24)14-12-6-9-5-11(9)15(12)22(21-14)13-4-3-10(18)7-19-13;1-5(2,3)4/h3-4,7,9,11,23H,5-6,8H2,1-2H3,(H,20,24);(H3,1,2,3,4)/t9-,11-;/m1./s1. The molecule has 5 N–H and O–H groups in total. The summed E-state index contributed by atoms with van der Waals surface area (Å²) in [5.41, 5.74) is 1.87. The van der Waals surface area contributed by atoms with Gasteiger partial charge in [-0.05, 0) is 44.7 Å². The van der Waals surface area contributed by atoms with Gasteiger partial charge in [0.2, 0.25) is 0 Å². The van der Waals surface area contributed by atoms with Gasteiger partial charge in [0.15, 0.2) is 11.5 Å². The van der Waals surface area contributed by atoms with Crippen molar-refractivity contribution in [2.45, 2.75) is 38.1 Å². The molecule has 2 aromatic heterocycles. The van der Waals surface area contributed by atoms with Crippen molar-refractivity contribution in [1.29, 1.82) is 0 Å². The summed E-state index contributed by atoms with van der Waals surface area (Å²) in [6, 6.07) is 3.58. The maximum atomic E-state index is 12.7. The predicted molar refractivity (Wildman–Crippen MR) is 104 cm³/mol. The largest absolute Gasteiger partial charge is 0.466 e. The lowest BCUT2D eigenvalue weighted by Gasteiger charge is -2.23. The Bertz CT molecular complexity index is 963. The molecular weight excluding hydrogens is 423 g/mol. The first-order valence-electron chi connectivity index (χ1n) is 8.85. The molecule has 1 fully saturated rings. The Hall–Kier alpha value is -1.81. The molecule has 10 nitrogen and oxygen atoms in total. The van der Waals surface area contributed by atoms with Gasteiger partial charge in [-0.1, -0.05) is 11.6 Å². The third-order valence-corrected chi connectivity index (χ3v) is 4.98. The zero-order chi connectivity index (χ0) is 21.6. The number of pyridine rings is 1. The minimum absolute atomic E-state index is 0.133. The topological polar surface area (TPSA) is 158 Å². The van der Waals surface area contributed by atoms with Crippen molar-refractivity contribution in [3.63, 3.8) is 0 Å². The summed E-state index contributed by atoms with van der Waals surface area (Å²) in [6.45, 7) is 3.42. The van der Waals surface area contributed by atoms with E-state index in [-0.39, 0.29) is 12.5 Å². The van der Waals surface area contributed by atoms with Gasteiger partial charge < -0.3 is 25.1 Å². The van der Waals surface area contributed by atoms with Crippen molar-refractivity contribution < 1.29 is 29.1 Å². The Morgan fingerprint density at radius 3 is 2.59 bits per heavy atom. The third-order valence-electron chi connectivity index (χ3n) is 4.75. The number of aromatic nitrogens is 3. The van der Waals surface area contributed by atoms with Crippen LogP contribution in [0.3, 0.4) is 0 Å². The number of carbonyl (C=O) groups excluding carboxylic acids is 1. The summed E-state index contributed by atoms with van der Waals surface area (Å²) in [5, 5.41) is 17.3. The van der Waals surface area contributed by atoms with E-state index in [1.807, 2.05) is 6.07 Å². The van der Waals surface area contributed by atoms with Gasteiger partial charge in [0.05, 0.1) is 22.9 Å². The van der Waals surface area contributed by atoms with E-state index in [0.717, 1.165) is 24.1 Å². The normalized spacial score (nSPS) is 19.7. The molecule has 4 rings (SSSR count). The van der Waals surface area contributed by atoms with Crippen LogP contribution >= 0.6 is 19.4 Å². The van der Waals surface area contributed by atoms with Gasteiger partial charge >= 0.3 is 7.82 Å². The quantitative estimate of drug-likeness (QED) is 0.439. The van der Waals surface area contributed by atoms with Crippen LogP contribution in [-0.2, 0) is 11.0 Å². The SMILES string of the molecule is CC(C)(CO)NC(=O)c1nn(-c2ccc(Cl)cn2)c2c1C[C@H]1C[C@@H]21.O=P(O)(O)O. The van der Waals surface area contributed by atoms with Crippen LogP contribution in [0, 0.1) is 5.92 Å². The van der Waals surface area contributed by atoms with E-state index in [0.29, 0.717) is 28.4 Å². The number of hydrogen-bond donors (Lipinski definition) is 5. The molecule has 2 aromatic rings. The molecule has 0 unspecified atom stereocenters. The highest BCUT2D eigenvalue weighted by molar-refractivity contribution is 7.45. The molecule has 0 spiro atoms. The molecule has 29 heavy (non-hydrogen) atoms. The second kappa shape index (κ2) is 7.79. The van der Waals surface area contributed by atoms with Crippen molar-refractivity contribution in [2.24, 2.45) is 5.92 Å². The van der Waals surface area contributed by atoms with Gasteiger partial charge in [0, 0.05) is 17.7 Å². The number of nitrogens with one attached hydrogen (secondary N) is 1. The highest BCUT2D eigenvalue weighted by Crippen LogP contribution is 2.57. The van der Waals surface area contributed by atoms with Gasteiger partial charge in [-0.3, -0.25) is 4.79 Å². The molecule has 0 aromatic carbocycles. The Morgan fingerprint density at radius 1 is 1.38 bits per heavy atom. The zero-order valence-electron chi connectivity index (χ0n) is 15.8. The highest BCUT2D eigenvalue weighted by atomic mass is 35.5. The maximum absolute atomic E-state index is 12.7. The minimum Gasteiger partial charge on any atom is -0.394 e. The van der Waals surface area contributed by atoms with E-state index < -0.39 is 13.4 Å². The first kappa shape index (κ1) is 21.9. The second-order valence-corrected chi connectivity index (χ2v) is 9.24. The van der Waals surface area contributed by atoms with E-state index in [1.165, 1.54) is 0 Å². The average molecular weight is 445 g/mol. The first-order chi connectivity index (χ1) is 13.4. The summed E-state index contributed by atoms with van der Waals surface area (Å²) in [5.74, 6) is 1.51. The molecule has 0 saturated heterocycles. The van der Waals surface area contributed by atoms with Crippen LogP contribution in [0.5, 0.6) is 0 Å². The Morgan fingerprint density at radius 2 is 2.03 bits per heavy atom. The molecule has 0 aliphatic heterocycles. The van der Waals surface area contributed by atoms with Crippen molar-refractivity contribution >= 4 is 25.3 Å². The number of phosphoric acid groups is 1. The Kier molecular flexibility index (Phi) is 5.88. The van der Waals surface area contributed by atoms with Gasteiger partial charge in [-0.25, -0.2) is 14.2 Å². The average Bonchev–Trinajstić information content (AvgIpc) is 3.09. The number of halogens is 1. The Labute approximate surface area is 171 Å². The summed E-state index contributed by atoms with van der Waals surface area (Å²) in [4.78, 5) is 38.6. The number of carbonyl (C=O) groups is 1. The first-order valence-corrected chi connectivity index (χ1v) is 10.8. The molecule has 2 atom stereocenters. The predicted octanol–water partition coefficient (Wildman–Crippen LogP) is 1.15. The zero-order valence-corrected chi connectivity index (χ0v) is 17.4. The van der Waals surface area contributed by atoms with E-state index in [4.69, 9.17) is 30.8 Å². The van der Waals surface area contributed by atoms with Crippen LogP contribution in [0.4, 0.5) is 0 Å². The molecule has 0 radical (unpaired) electrons. The summed E-state index contributed by atoms with van der Waals surface area (Å²) in [7, 11) is -4.64. The smallest absolute Gasteiger partial charge is 0.394 e. The molecule has 2 aliphatic carbocycles. The Balaban J connectivity index is 0.000000431. The van der Waals surface area contributed by atoms with E-state index in [1.54, 1.807) is 30.8 Å². The van der Waals surface area contributed by atoms with Crippen molar-refractivity contribution in [1.82, 2.24) is 20.1 Å². The fourth-order valence-electron chi connectivity index (χ4n) is 3.37. The monoisotopic (exact) mass is 444 g/mol. The van der Waals surface area contributed by atoms with Crippen LogP contribution in [0.15, 0.2) is 18.3 Å². The van der Waals surface area contributed by atoms with Crippen LogP contribution in [0.2, 0.25) is 5.02 Å². The van der Waals surface area contributed by atoms with Crippen LogP contribution in [-0.4, -0.2) is 52.6 Å². The number of aliphatic hydroxyl groups excluding tert-OH is 1.